The molecule has 0 amide bonds. The van der Waals surface area contributed by atoms with E-state index in [0.717, 1.165) is 178 Å². The fraction of sp³-hybridized carbons (Fsp3) is 1.00. The molecule has 428 valence electrons. The zero-order chi connectivity index (χ0) is 56.2. The highest BCUT2D eigenvalue weighted by Crippen LogP contribution is 2.48. The van der Waals surface area contributed by atoms with Crippen molar-refractivity contribution in [3.05, 3.63) is 0 Å². The Morgan fingerprint density at radius 3 is 0.310 bits per heavy atom. The summed E-state index contributed by atoms with van der Waals surface area (Å²) in [5, 5.41) is 0. The minimum atomic E-state index is 0.716. The molecule has 0 aliphatic rings. The van der Waals surface area contributed by atoms with Gasteiger partial charge in [-0.05, 0) is 202 Å². The van der Waals surface area contributed by atoms with Crippen molar-refractivity contribution < 1.29 is 0 Å². The van der Waals surface area contributed by atoms with Crippen molar-refractivity contribution in [1.82, 2.24) is 0 Å². The van der Waals surface area contributed by atoms with Gasteiger partial charge in [0.1, 0.15) is 0 Å². The van der Waals surface area contributed by atoms with Gasteiger partial charge in [-0.1, -0.05) is 255 Å². The molecule has 0 bridgehead atoms. The van der Waals surface area contributed by atoms with E-state index in [1.165, 1.54) is 19.3 Å². The first kappa shape index (κ1) is 71.0. The summed E-state index contributed by atoms with van der Waals surface area (Å²) < 4.78 is 0. The fourth-order valence-electron chi connectivity index (χ4n) is 15.8. The van der Waals surface area contributed by atoms with Crippen LogP contribution in [0.5, 0.6) is 0 Å². The van der Waals surface area contributed by atoms with Crippen molar-refractivity contribution in [3.8, 4) is 0 Å². The normalized spacial score (nSPS) is 27.1. The Morgan fingerprint density at radius 2 is 0.211 bits per heavy atom. The third kappa shape index (κ3) is 18.6. The van der Waals surface area contributed by atoms with E-state index in [-0.39, 0.29) is 0 Å². The van der Waals surface area contributed by atoms with Crippen LogP contribution >= 0.6 is 0 Å². The molecule has 0 saturated heterocycles. The Kier molecular flexibility index (Phi) is 32.0. The molecule has 0 heteroatoms. The van der Waals surface area contributed by atoms with Gasteiger partial charge in [0, 0.05) is 0 Å². The molecule has 0 aliphatic carbocycles. The van der Waals surface area contributed by atoms with E-state index in [1.807, 2.05) is 0 Å². The molecule has 0 rings (SSSR count). The minimum absolute atomic E-state index is 0.716. The first-order valence-electron chi connectivity index (χ1n) is 32.4. The summed E-state index contributed by atoms with van der Waals surface area (Å²) in [6.45, 7) is 90.1. The lowest BCUT2D eigenvalue weighted by atomic mass is 9.61. The van der Waals surface area contributed by atoms with Crippen LogP contribution in [0.3, 0.4) is 0 Å². The van der Waals surface area contributed by atoms with Crippen molar-refractivity contribution in [1.29, 1.82) is 0 Å². The molecular formula is C71H144. The maximum absolute atomic E-state index is 2.62. The van der Waals surface area contributed by atoms with E-state index in [4.69, 9.17) is 0 Å². The van der Waals surface area contributed by atoms with Gasteiger partial charge >= 0.3 is 0 Å². The molecule has 71 heavy (non-hydrogen) atoms. The molecule has 0 heterocycles. The summed E-state index contributed by atoms with van der Waals surface area (Å²) in [4.78, 5) is 0. The van der Waals surface area contributed by atoms with Gasteiger partial charge in [0.05, 0.1) is 0 Å². The first-order chi connectivity index (χ1) is 32.4. The van der Waals surface area contributed by atoms with E-state index in [0.29, 0.717) is 17.8 Å². The van der Waals surface area contributed by atoms with Gasteiger partial charge in [0.25, 0.3) is 0 Å². The molecular weight excluding hydrogens is 853 g/mol. The molecule has 0 nitrogen and oxygen atoms in total. The molecule has 33 atom stereocenters. The van der Waals surface area contributed by atoms with Crippen LogP contribution in [0.4, 0.5) is 0 Å². The molecule has 0 radical (unpaired) electrons. The Hall–Kier alpha value is 0. The van der Waals surface area contributed by atoms with Crippen molar-refractivity contribution >= 4 is 0 Å². The number of rotatable bonds is 35. The summed E-state index contributed by atoms with van der Waals surface area (Å²) in [6.07, 6.45) is 3.94. The third-order valence-corrected chi connectivity index (χ3v) is 28.0. The molecule has 0 spiro atoms. The Morgan fingerprint density at radius 1 is 0.127 bits per heavy atom. The van der Waals surface area contributed by atoms with Crippen LogP contribution in [0.1, 0.15) is 262 Å². The van der Waals surface area contributed by atoms with Crippen molar-refractivity contribution in [3.63, 3.8) is 0 Å². The summed E-state index contributed by atoms with van der Waals surface area (Å²) >= 11 is 0. The van der Waals surface area contributed by atoms with Crippen LogP contribution < -0.4 is 0 Å². The second kappa shape index (κ2) is 32.0. The lowest BCUT2D eigenvalue weighted by molar-refractivity contribution is 0.0466. The molecule has 0 aromatic carbocycles. The lowest BCUT2D eigenvalue weighted by Crippen LogP contribution is -2.38. The molecule has 0 aromatic heterocycles. The summed E-state index contributed by atoms with van der Waals surface area (Å²) in [6, 6.07) is 0. The fourth-order valence-corrected chi connectivity index (χ4v) is 15.8. The highest BCUT2D eigenvalue weighted by molar-refractivity contribution is 4.90. The first-order valence-corrected chi connectivity index (χ1v) is 32.4. The average Bonchev–Trinajstić information content (AvgIpc) is 3.37. The summed E-state index contributed by atoms with van der Waals surface area (Å²) in [7, 11) is 0. The largest absolute Gasteiger partial charge is 0.0651 e. The molecule has 0 fully saturated rings. The van der Waals surface area contributed by atoms with Crippen LogP contribution in [0.15, 0.2) is 0 Å². The van der Waals surface area contributed by atoms with Gasteiger partial charge in [-0.15, -0.1) is 0 Å². The number of hydrogen-bond acceptors (Lipinski definition) is 0. The van der Waals surface area contributed by atoms with E-state index in [2.05, 4.69) is 242 Å². The quantitative estimate of drug-likeness (QED) is 0.0594. The van der Waals surface area contributed by atoms with Gasteiger partial charge in [-0.25, -0.2) is 0 Å². The summed E-state index contributed by atoms with van der Waals surface area (Å²) in [5.41, 5.74) is 0. The number of hydrogen-bond donors (Lipinski definition) is 0. The van der Waals surface area contributed by atoms with Crippen molar-refractivity contribution in [2.45, 2.75) is 262 Å². The monoisotopic (exact) mass is 997 g/mol. The van der Waals surface area contributed by atoms with Crippen LogP contribution in [0.25, 0.3) is 0 Å². The third-order valence-electron chi connectivity index (χ3n) is 28.0. The van der Waals surface area contributed by atoms with Crippen LogP contribution in [-0.2, 0) is 0 Å². The second-order valence-corrected chi connectivity index (χ2v) is 29.9. The van der Waals surface area contributed by atoms with Gasteiger partial charge < -0.3 is 0 Å². The maximum atomic E-state index is 2.62. The highest BCUT2D eigenvalue weighted by atomic mass is 14.5. The van der Waals surface area contributed by atoms with Crippen LogP contribution in [0.2, 0.25) is 0 Å². The zero-order valence-corrected chi connectivity index (χ0v) is 56.2. The van der Waals surface area contributed by atoms with Crippen LogP contribution in [-0.4, -0.2) is 0 Å². The molecule has 0 aliphatic heterocycles. The van der Waals surface area contributed by atoms with E-state index in [9.17, 15) is 0 Å². The van der Waals surface area contributed by atoms with E-state index >= 15 is 0 Å². The zero-order valence-electron chi connectivity index (χ0n) is 56.2. The average molecular weight is 998 g/mol. The van der Waals surface area contributed by atoms with Gasteiger partial charge in [-0.2, -0.15) is 0 Å². The van der Waals surface area contributed by atoms with Gasteiger partial charge in [-0.3, -0.25) is 0 Å². The predicted octanol–water partition coefficient (Wildman–Crippen LogP) is 23.2. The van der Waals surface area contributed by atoms with Gasteiger partial charge in [0.15, 0.2) is 0 Å². The molecule has 0 saturated carbocycles. The highest BCUT2D eigenvalue weighted by Gasteiger charge is 2.41. The summed E-state index contributed by atoms with van der Waals surface area (Å²) in [5.74, 6) is 24.4. The van der Waals surface area contributed by atoms with E-state index in [1.54, 1.807) is 0 Å². The molecule has 0 N–H and O–H groups in total. The van der Waals surface area contributed by atoms with E-state index < -0.39 is 0 Å². The molecule has 0 aromatic rings. The van der Waals surface area contributed by atoms with Crippen LogP contribution in [0, 0.1) is 195 Å². The SMILES string of the molecule is CCC(C)C(C)C(C)C(C)C(C)C(C)C(C)C(C)C(C)C(C)C(C)C(C)C(C)C(C)C(C)CC(C)C(C)C(C)C(C)C(C)C(C)C(C)C(C)C(C)C(C)C(C)C(C)C(C)C(C)C(C)C(C)C(C)C(C)CC. The Balaban J connectivity index is 5.64. The molecule has 33 unspecified atom stereocenters. The topological polar surface area (TPSA) is 0 Å². The smallest absolute Gasteiger partial charge is 0.0386 e. The standard InChI is InChI=1S/C71H144/c1-36-39(3)43(7)47(11)51(15)55(19)59(23)63(27)67(31)65(29)61(25)57(21)53(17)49(13)45(9)41(5)38-42(6)46(10)50(14)54(18)58(22)62(26)66(30)69(33)71(35)70(34)68(32)64(28)60(24)56(20)52(16)48(12)44(8)40(4)37-2/h39-71H,36-38H2,1-35H3. The van der Waals surface area contributed by atoms with Crippen molar-refractivity contribution in [2.75, 3.05) is 0 Å². The van der Waals surface area contributed by atoms with Gasteiger partial charge in [0.2, 0.25) is 0 Å². The lowest BCUT2D eigenvalue weighted by Gasteiger charge is -2.44. The maximum Gasteiger partial charge on any atom is -0.0386 e. The minimum Gasteiger partial charge on any atom is -0.0651 e. The Labute approximate surface area is 454 Å². The Bertz CT molecular complexity index is 1360. The van der Waals surface area contributed by atoms with Crippen molar-refractivity contribution in [2.24, 2.45) is 195 Å². The second-order valence-electron chi connectivity index (χ2n) is 29.9. The predicted molar refractivity (Wildman–Crippen MR) is 328 cm³/mol.